The van der Waals surface area contributed by atoms with Crippen LogP contribution in [0.3, 0.4) is 0 Å². The highest BCUT2D eigenvalue weighted by molar-refractivity contribution is 7.88. The van der Waals surface area contributed by atoms with Gasteiger partial charge in [-0.2, -0.15) is 43.2 Å². The average molecular weight is 528 g/mol. The molecule has 2 heterocycles. The van der Waals surface area contributed by atoms with Gasteiger partial charge in [0.1, 0.15) is 8.42 Å². The Morgan fingerprint density at radius 3 is 1.23 bits per heavy atom. The molecule has 0 fully saturated rings. The molecule has 0 radical (unpaired) electrons. The van der Waals surface area contributed by atoms with Crippen LogP contribution in [-0.4, -0.2) is 43.7 Å². The van der Waals surface area contributed by atoms with Crippen LogP contribution >= 0.6 is 22.7 Å². The molecule has 0 bridgehead atoms. The van der Waals surface area contributed by atoms with E-state index in [1.54, 1.807) is 0 Å². The van der Waals surface area contributed by atoms with Crippen molar-refractivity contribution in [3.63, 3.8) is 0 Å². The number of hydrogen-bond acceptors (Lipinski definition) is 6. The third-order valence-electron chi connectivity index (χ3n) is 4.42. The van der Waals surface area contributed by atoms with Gasteiger partial charge < -0.3 is 0 Å². The summed E-state index contributed by atoms with van der Waals surface area (Å²) in [6.07, 6.45) is 0. The Morgan fingerprint density at radius 1 is 0.710 bits per heavy atom. The predicted molar refractivity (Wildman–Crippen MR) is 99.4 cm³/mol. The van der Waals surface area contributed by atoms with Crippen LogP contribution in [-0.2, 0) is 20.2 Å². The fourth-order valence-electron chi connectivity index (χ4n) is 2.99. The van der Waals surface area contributed by atoms with E-state index in [2.05, 4.69) is 0 Å². The van der Waals surface area contributed by atoms with Crippen molar-refractivity contribution in [1.82, 2.24) is 0 Å². The quantitative estimate of drug-likeness (QED) is 0.438. The molecular weight excluding hydrogens is 518 g/mol. The molecular formula is C15H10F6O6S4. The van der Waals surface area contributed by atoms with Gasteiger partial charge in [0, 0.05) is 9.75 Å². The zero-order chi connectivity index (χ0) is 23.9. The van der Waals surface area contributed by atoms with E-state index < -0.39 is 78.4 Å². The van der Waals surface area contributed by atoms with E-state index in [0.29, 0.717) is 12.1 Å². The van der Waals surface area contributed by atoms with Crippen LogP contribution in [0.1, 0.15) is 20.9 Å². The standard InChI is InChI=1S/C15H10F6O6S4/c1-5-3-7(30(22,23)24)28-11(5)9-10(14(18,19)15(20,21)13(9,16)17)12-6(2)4-8(29-12)31(25,26)27/h3-4H,1-2H3,(H,22,23,24)(H,25,26,27). The van der Waals surface area contributed by atoms with Crippen LogP contribution in [0.4, 0.5) is 26.3 Å². The first-order valence-corrected chi connectivity index (χ1v) is 12.3. The molecule has 6 nitrogen and oxygen atoms in total. The second-order valence-corrected chi connectivity index (χ2v) is 12.0. The van der Waals surface area contributed by atoms with Crippen molar-refractivity contribution in [2.75, 3.05) is 0 Å². The molecule has 16 heteroatoms. The largest absolute Gasteiger partial charge is 0.380 e. The van der Waals surface area contributed by atoms with Crippen LogP contribution in [0.25, 0.3) is 11.1 Å². The van der Waals surface area contributed by atoms with Gasteiger partial charge in [0.2, 0.25) is 0 Å². The molecule has 31 heavy (non-hydrogen) atoms. The zero-order valence-corrected chi connectivity index (χ0v) is 18.3. The van der Waals surface area contributed by atoms with Crippen molar-refractivity contribution >= 4 is 54.1 Å². The summed E-state index contributed by atoms with van der Waals surface area (Å²) in [5, 5.41) is 0. The first-order chi connectivity index (χ1) is 13.7. The fourth-order valence-corrected chi connectivity index (χ4v) is 6.97. The smallest absolute Gasteiger partial charge is 0.281 e. The Hall–Kier alpha value is -1.46. The lowest BCUT2D eigenvalue weighted by Gasteiger charge is -2.25. The van der Waals surface area contributed by atoms with E-state index in [0.717, 1.165) is 13.8 Å². The third-order valence-corrected chi connectivity index (χ3v) is 9.53. The lowest BCUT2D eigenvalue weighted by Crippen LogP contribution is -2.48. The lowest BCUT2D eigenvalue weighted by molar-refractivity contribution is -0.254. The normalized spacial score (nSPS) is 20.5. The maximum atomic E-state index is 14.7. The summed E-state index contributed by atoms with van der Waals surface area (Å²) in [7, 11) is -9.94. The van der Waals surface area contributed by atoms with Gasteiger partial charge in [-0.05, 0) is 37.1 Å². The molecule has 0 saturated carbocycles. The topological polar surface area (TPSA) is 109 Å². The van der Waals surface area contributed by atoms with Gasteiger partial charge in [0.15, 0.2) is 0 Å². The molecule has 0 amide bonds. The number of thiophene rings is 2. The summed E-state index contributed by atoms with van der Waals surface area (Å²) in [6, 6.07) is 1.30. The van der Waals surface area contributed by atoms with Gasteiger partial charge in [-0.15, -0.1) is 22.7 Å². The number of hydrogen-bond donors (Lipinski definition) is 2. The van der Waals surface area contributed by atoms with Gasteiger partial charge in [-0.3, -0.25) is 9.11 Å². The van der Waals surface area contributed by atoms with Crippen molar-refractivity contribution < 1.29 is 52.3 Å². The monoisotopic (exact) mass is 528 g/mol. The van der Waals surface area contributed by atoms with Crippen LogP contribution in [0.5, 0.6) is 0 Å². The molecule has 0 unspecified atom stereocenters. The fraction of sp³-hybridized carbons (Fsp3) is 0.333. The SMILES string of the molecule is Cc1cc(S(=O)(=O)O)sc1C1=C(c2sc(S(=O)(=O)O)cc2C)C(F)(F)C(F)(F)C1(F)F. The van der Waals surface area contributed by atoms with Crippen LogP contribution in [0.2, 0.25) is 0 Å². The molecule has 0 aromatic carbocycles. The van der Waals surface area contributed by atoms with E-state index in [1.807, 2.05) is 0 Å². The van der Waals surface area contributed by atoms with Crippen molar-refractivity contribution in [3.8, 4) is 0 Å². The molecule has 3 rings (SSSR count). The van der Waals surface area contributed by atoms with E-state index in [-0.39, 0.29) is 22.7 Å². The molecule has 0 atom stereocenters. The first kappa shape index (κ1) is 24.2. The third kappa shape index (κ3) is 3.43. The molecule has 1 aliphatic rings. The highest BCUT2D eigenvalue weighted by atomic mass is 32.3. The Balaban J connectivity index is 2.49. The van der Waals surface area contributed by atoms with Gasteiger partial charge in [-0.25, -0.2) is 0 Å². The number of halogens is 6. The molecule has 172 valence electrons. The van der Waals surface area contributed by atoms with Crippen LogP contribution in [0, 0.1) is 13.8 Å². The Bertz CT molecular complexity index is 1230. The maximum Gasteiger partial charge on any atom is 0.380 e. The number of rotatable bonds is 4. The van der Waals surface area contributed by atoms with Gasteiger partial charge in [-0.1, -0.05) is 0 Å². The molecule has 2 aromatic heterocycles. The molecule has 1 aliphatic carbocycles. The highest BCUT2D eigenvalue weighted by Gasteiger charge is 2.80. The second kappa shape index (κ2) is 6.77. The predicted octanol–water partition coefficient (Wildman–Crippen LogP) is 4.75. The summed E-state index contributed by atoms with van der Waals surface area (Å²) in [5.41, 5.74) is -4.62. The molecule has 0 saturated heterocycles. The van der Waals surface area contributed by atoms with E-state index in [1.165, 1.54) is 0 Å². The minimum atomic E-state index is -5.95. The zero-order valence-electron chi connectivity index (χ0n) is 15.1. The van der Waals surface area contributed by atoms with E-state index >= 15 is 0 Å². The molecule has 0 aliphatic heterocycles. The van der Waals surface area contributed by atoms with Gasteiger partial charge >= 0.3 is 38.0 Å². The van der Waals surface area contributed by atoms with Gasteiger partial charge in [0.05, 0.1) is 11.1 Å². The minimum absolute atomic E-state index is 0.121. The highest BCUT2D eigenvalue weighted by Crippen LogP contribution is 2.66. The summed E-state index contributed by atoms with van der Waals surface area (Å²) in [4.78, 5) is -1.91. The van der Waals surface area contributed by atoms with Crippen molar-refractivity contribution in [1.29, 1.82) is 0 Å². The van der Waals surface area contributed by atoms with Crippen LogP contribution < -0.4 is 0 Å². The first-order valence-electron chi connectivity index (χ1n) is 7.80. The van der Waals surface area contributed by atoms with Crippen molar-refractivity contribution in [2.45, 2.75) is 40.0 Å². The number of aryl methyl sites for hydroxylation is 2. The van der Waals surface area contributed by atoms with E-state index in [9.17, 15) is 43.2 Å². The average Bonchev–Trinajstić information content (AvgIpc) is 3.16. The molecule has 0 spiro atoms. The van der Waals surface area contributed by atoms with Crippen molar-refractivity contribution in [3.05, 3.63) is 33.0 Å². The Morgan fingerprint density at radius 2 is 1.00 bits per heavy atom. The second-order valence-electron chi connectivity index (χ2n) is 6.58. The minimum Gasteiger partial charge on any atom is -0.281 e. The number of alkyl halides is 6. The summed E-state index contributed by atoms with van der Waals surface area (Å²) in [6.45, 7) is 1.97. The summed E-state index contributed by atoms with van der Waals surface area (Å²) in [5.74, 6) is -16.9. The lowest BCUT2D eigenvalue weighted by atomic mass is 10.0. The molecule has 2 N–H and O–H groups in total. The van der Waals surface area contributed by atoms with Gasteiger partial charge in [0.25, 0.3) is 0 Å². The van der Waals surface area contributed by atoms with Crippen LogP contribution in [0.15, 0.2) is 20.6 Å². The Kier molecular flexibility index (Phi) is 5.28. The maximum absolute atomic E-state index is 14.7. The van der Waals surface area contributed by atoms with Crippen molar-refractivity contribution in [2.24, 2.45) is 0 Å². The Labute approximate surface area is 179 Å². The molecule has 2 aromatic rings. The summed E-state index contributed by atoms with van der Waals surface area (Å²) < 4.78 is 149. The summed E-state index contributed by atoms with van der Waals surface area (Å²) >= 11 is -0.243. The van der Waals surface area contributed by atoms with E-state index in [4.69, 9.17) is 9.11 Å². The number of allylic oxidation sites excluding steroid dienone is 2.